The van der Waals surface area contributed by atoms with Gasteiger partial charge in [-0.2, -0.15) is 0 Å². The summed E-state index contributed by atoms with van der Waals surface area (Å²) in [4.78, 5) is 0. The smallest absolute Gasteiger partial charge is 0.159 e. The van der Waals surface area contributed by atoms with Gasteiger partial charge in [-0.25, -0.2) is 8.78 Å². The Kier molecular flexibility index (Phi) is 4.99. The number of halogens is 4. The van der Waals surface area contributed by atoms with E-state index >= 15 is 0 Å². The highest BCUT2D eigenvalue weighted by atomic mass is 79.9. The molecule has 2 nitrogen and oxygen atoms in total. The van der Waals surface area contributed by atoms with E-state index in [4.69, 9.17) is 4.74 Å². The van der Waals surface area contributed by atoms with Crippen molar-refractivity contribution >= 4 is 37.5 Å². The molecule has 6 heteroatoms. The van der Waals surface area contributed by atoms with Crippen molar-refractivity contribution in [2.45, 2.75) is 6.54 Å². The van der Waals surface area contributed by atoms with Gasteiger partial charge in [-0.05, 0) is 55.6 Å². The Morgan fingerprint density at radius 3 is 2.45 bits per heavy atom. The highest BCUT2D eigenvalue weighted by Crippen LogP contribution is 2.34. The molecular weight excluding hydrogens is 396 g/mol. The van der Waals surface area contributed by atoms with Crippen LogP contribution in [-0.4, -0.2) is 7.11 Å². The van der Waals surface area contributed by atoms with Gasteiger partial charge in [0.25, 0.3) is 0 Å². The van der Waals surface area contributed by atoms with Crippen LogP contribution in [-0.2, 0) is 6.54 Å². The summed E-state index contributed by atoms with van der Waals surface area (Å²) in [6.45, 7) is 0.376. The maximum Gasteiger partial charge on any atom is 0.159 e. The van der Waals surface area contributed by atoms with Gasteiger partial charge in [-0.3, -0.25) is 0 Å². The minimum Gasteiger partial charge on any atom is -0.495 e. The number of rotatable bonds is 4. The molecule has 106 valence electrons. The molecule has 0 saturated heterocycles. The topological polar surface area (TPSA) is 21.3 Å². The maximum atomic E-state index is 13.1. The first-order valence-corrected chi connectivity index (χ1v) is 7.30. The van der Waals surface area contributed by atoms with Crippen molar-refractivity contribution < 1.29 is 13.5 Å². The highest BCUT2D eigenvalue weighted by Gasteiger charge is 2.08. The van der Waals surface area contributed by atoms with Gasteiger partial charge in [0.1, 0.15) is 5.75 Å². The summed E-state index contributed by atoms with van der Waals surface area (Å²) < 4.78 is 32.8. The molecule has 0 aromatic heterocycles. The second-order valence-corrected chi connectivity index (χ2v) is 5.78. The summed E-state index contributed by atoms with van der Waals surface area (Å²) in [7, 11) is 1.58. The molecule has 1 N–H and O–H groups in total. The summed E-state index contributed by atoms with van der Waals surface area (Å²) >= 11 is 6.81. The predicted molar refractivity (Wildman–Crippen MR) is 82.1 cm³/mol. The minimum atomic E-state index is -0.850. The quantitative estimate of drug-likeness (QED) is 0.761. The number of hydrogen-bond acceptors (Lipinski definition) is 2. The standard InChI is InChI=1S/C14H11Br2F2NO/c1-20-14-6-13(9(15)5-10(14)16)19-7-8-2-3-11(17)12(18)4-8/h2-6,19H,7H2,1H3. The van der Waals surface area contributed by atoms with Gasteiger partial charge in [-0.1, -0.05) is 6.07 Å². The number of methoxy groups -OCH3 is 1. The molecule has 0 saturated carbocycles. The number of ether oxygens (including phenoxy) is 1. The van der Waals surface area contributed by atoms with E-state index in [0.29, 0.717) is 17.9 Å². The SMILES string of the molecule is COc1cc(NCc2ccc(F)c(F)c2)c(Br)cc1Br. The second-order valence-electron chi connectivity index (χ2n) is 4.07. The fourth-order valence-electron chi connectivity index (χ4n) is 1.67. The normalized spacial score (nSPS) is 10.4. The van der Waals surface area contributed by atoms with Gasteiger partial charge < -0.3 is 10.1 Å². The Labute approximate surface area is 132 Å². The summed E-state index contributed by atoms with van der Waals surface area (Å²) in [5.41, 5.74) is 1.45. The first-order chi connectivity index (χ1) is 9.51. The lowest BCUT2D eigenvalue weighted by Gasteiger charge is -2.12. The zero-order valence-electron chi connectivity index (χ0n) is 10.5. The minimum absolute atomic E-state index is 0.376. The fourth-order valence-corrected chi connectivity index (χ4v) is 2.96. The predicted octanol–water partition coefficient (Wildman–Crippen LogP) is 5.11. The number of nitrogens with one attached hydrogen (secondary N) is 1. The Balaban J connectivity index is 2.16. The van der Waals surface area contributed by atoms with Gasteiger partial charge in [0.05, 0.1) is 17.3 Å². The van der Waals surface area contributed by atoms with Crippen LogP contribution < -0.4 is 10.1 Å². The Bertz CT molecular complexity index is 635. The fraction of sp³-hybridized carbons (Fsp3) is 0.143. The zero-order chi connectivity index (χ0) is 14.7. The lowest BCUT2D eigenvalue weighted by molar-refractivity contribution is 0.412. The van der Waals surface area contributed by atoms with E-state index < -0.39 is 11.6 Å². The van der Waals surface area contributed by atoms with E-state index in [1.54, 1.807) is 7.11 Å². The molecule has 0 radical (unpaired) electrons. The summed E-state index contributed by atoms with van der Waals surface area (Å²) in [5.74, 6) is -1.02. The van der Waals surface area contributed by atoms with Crippen LogP contribution in [0.2, 0.25) is 0 Å². The molecule has 0 spiro atoms. The molecule has 0 bridgehead atoms. The van der Waals surface area contributed by atoms with Crippen molar-refractivity contribution in [1.29, 1.82) is 0 Å². The van der Waals surface area contributed by atoms with E-state index in [0.717, 1.165) is 20.7 Å². The van der Waals surface area contributed by atoms with Crippen molar-refractivity contribution in [3.05, 3.63) is 56.5 Å². The molecule has 2 aromatic carbocycles. The van der Waals surface area contributed by atoms with Crippen LogP contribution in [0.25, 0.3) is 0 Å². The highest BCUT2D eigenvalue weighted by molar-refractivity contribution is 9.11. The van der Waals surface area contributed by atoms with Crippen molar-refractivity contribution in [3.8, 4) is 5.75 Å². The molecule has 0 atom stereocenters. The molecule has 0 fully saturated rings. The van der Waals surface area contributed by atoms with Gasteiger partial charge in [0.2, 0.25) is 0 Å². The van der Waals surface area contributed by atoms with Crippen LogP contribution in [0.3, 0.4) is 0 Å². The average Bonchev–Trinajstić information content (AvgIpc) is 2.41. The van der Waals surface area contributed by atoms with Crippen LogP contribution in [0.5, 0.6) is 5.75 Å². The van der Waals surface area contributed by atoms with Crippen molar-refractivity contribution in [3.63, 3.8) is 0 Å². The number of hydrogen-bond donors (Lipinski definition) is 1. The van der Waals surface area contributed by atoms with Gasteiger partial charge >= 0.3 is 0 Å². The van der Waals surface area contributed by atoms with Crippen LogP contribution >= 0.6 is 31.9 Å². The molecule has 2 rings (SSSR count). The van der Waals surface area contributed by atoms with Crippen LogP contribution in [0.4, 0.5) is 14.5 Å². The van der Waals surface area contributed by atoms with Crippen LogP contribution in [0.15, 0.2) is 39.3 Å². The molecule has 20 heavy (non-hydrogen) atoms. The second kappa shape index (κ2) is 6.54. The lowest BCUT2D eigenvalue weighted by atomic mass is 10.2. The lowest BCUT2D eigenvalue weighted by Crippen LogP contribution is -2.01. The van der Waals surface area contributed by atoms with E-state index in [2.05, 4.69) is 37.2 Å². The van der Waals surface area contributed by atoms with Crippen molar-refractivity contribution in [1.82, 2.24) is 0 Å². The van der Waals surface area contributed by atoms with E-state index in [-0.39, 0.29) is 0 Å². The number of benzene rings is 2. The third kappa shape index (κ3) is 3.49. The average molecular weight is 407 g/mol. The van der Waals surface area contributed by atoms with E-state index in [9.17, 15) is 8.78 Å². The molecule has 0 heterocycles. The molecule has 0 aliphatic rings. The Morgan fingerprint density at radius 2 is 1.80 bits per heavy atom. The van der Waals surface area contributed by atoms with E-state index in [1.165, 1.54) is 12.1 Å². The zero-order valence-corrected chi connectivity index (χ0v) is 13.7. The summed E-state index contributed by atoms with van der Waals surface area (Å²) in [6.07, 6.45) is 0. The monoisotopic (exact) mass is 405 g/mol. The Hall–Kier alpha value is -1.14. The maximum absolute atomic E-state index is 13.1. The van der Waals surface area contributed by atoms with Gasteiger partial charge in [-0.15, -0.1) is 0 Å². The van der Waals surface area contributed by atoms with E-state index in [1.807, 2.05) is 12.1 Å². The van der Waals surface area contributed by atoms with Crippen molar-refractivity contribution in [2.75, 3.05) is 12.4 Å². The first kappa shape index (κ1) is 15.3. The largest absolute Gasteiger partial charge is 0.495 e. The van der Waals surface area contributed by atoms with Crippen LogP contribution in [0.1, 0.15) is 5.56 Å². The molecule has 0 aliphatic heterocycles. The molecule has 0 amide bonds. The third-order valence-electron chi connectivity index (χ3n) is 2.71. The molecule has 0 unspecified atom stereocenters. The van der Waals surface area contributed by atoms with Gasteiger partial charge in [0.15, 0.2) is 11.6 Å². The molecule has 0 aliphatic carbocycles. The summed E-state index contributed by atoms with van der Waals surface area (Å²) in [6, 6.07) is 7.49. The van der Waals surface area contributed by atoms with Gasteiger partial charge in [0, 0.05) is 17.1 Å². The summed E-state index contributed by atoms with van der Waals surface area (Å²) in [5, 5.41) is 3.14. The Morgan fingerprint density at radius 1 is 1.05 bits per heavy atom. The van der Waals surface area contributed by atoms with Crippen molar-refractivity contribution in [2.24, 2.45) is 0 Å². The molecular formula is C14H11Br2F2NO. The molecule has 2 aromatic rings. The van der Waals surface area contributed by atoms with Crippen LogP contribution in [0, 0.1) is 11.6 Å². The third-order valence-corrected chi connectivity index (χ3v) is 3.98. The first-order valence-electron chi connectivity index (χ1n) is 5.72. The number of anilines is 1.